The number of amides is 1. The SMILES string of the molecule is CC(C)(COc1cccc2c1C(N)=NS(=O)(=O)C2)NC(=O)c1ccnc(-n2nccn2)c1. The summed E-state index contributed by atoms with van der Waals surface area (Å²) in [6, 6.07) is 8.21. The van der Waals surface area contributed by atoms with Crippen molar-refractivity contribution in [1.29, 1.82) is 0 Å². The first-order chi connectivity index (χ1) is 15.1. The summed E-state index contributed by atoms with van der Waals surface area (Å²) in [5.41, 5.74) is 6.48. The Morgan fingerprint density at radius 3 is 2.72 bits per heavy atom. The van der Waals surface area contributed by atoms with Gasteiger partial charge in [0.2, 0.25) is 0 Å². The van der Waals surface area contributed by atoms with Gasteiger partial charge in [-0.3, -0.25) is 4.79 Å². The number of carbonyl (C=O) groups excluding carboxylic acids is 1. The molecular weight excluding hydrogens is 434 g/mol. The maximum absolute atomic E-state index is 12.8. The zero-order valence-corrected chi connectivity index (χ0v) is 18.2. The monoisotopic (exact) mass is 455 g/mol. The molecule has 0 radical (unpaired) electrons. The zero-order valence-electron chi connectivity index (χ0n) is 17.4. The molecule has 0 bridgehead atoms. The smallest absolute Gasteiger partial charge is 0.259 e. The van der Waals surface area contributed by atoms with Gasteiger partial charge in [0.25, 0.3) is 15.9 Å². The van der Waals surface area contributed by atoms with E-state index in [4.69, 9.17) is 10.5 Å². The Hall–Kier alpha value is -3.80. The van der Waals surface area contributed by atoms with Crippen molar-refractivity contribution >= 4 is 21.8 Å². The Labute approximate surface area is 184 Å². The molecule has 166 valence electrons. The van der Waals surface area contributed by atoms with Crippen LogP contribution in [0.25, 0.3) is 5.82 Å². The number of aromatic nitrogens is 4. The minimum atomic E-state index is -3.64. The summed E-state index contributed by atoms with van der Waals surface area (Å²) in [5, 5.41) is 10.9. The second-order valence-electron chi connectivity index (χ2n) is 7.84. The first kappa shape index (κ1) is 21.4. The van der Waals surface area contributed by atoms with E-state index >= 15 is 0 Å². The molecule has 0 saturated heterocycles. The van der Waals surface area contributed by atoms with E-state index in [0.717, 1.165) is 0 Å². The molecule has 1 amide bonds. The van der Waals surface area contributed by atoms with E-state index in [0.29, 0.717) is 28.3 Å². The van der Waals surface area contributed by atoms with Gasteiger partial charge >= 0.3 is 0 Å². The summed E-state index contributed by atoms with van der Waals surface area (Å²) < 4.78 is 33.2. The van der Waals surface area contributed by atoms with Gasteiger partial charge in [-0.1, -0.05) is 12.1 Å². The largest absolute Gasteiger partial charge is 0.490 e. The predicted molar refractivity (Wildman–Crippen MR) is 116 cm³/mol. The highest BCUT2D eigenvalue weighted by atomic mass is 32.2. The van der Waals surface area contributed by atoms with Gasteiger partial charge in [-0.05, 0) is 37.6 Å². The van der Waals surface area contributed by atoms with E-state index in [1.54, 1.807) is 44.2 Å². The van der Waals surface area contributed by atoms with Crippen LogP contribution in [0.1, 0.15) is 35.3 Å². The molecule has 1 aliphatic rings. The average molecular weight is 456 g/mol. The van der Waals surface area contributed by atoms with Crippen LogP contribution >= 0.6 is 0 Å². The van der Waals surface area contributed by atoms with Gasteiger partial charge < -0.3 is 15.8 Å². The third kappa shape index (κ3) is 4.59. The third-order valence-corrected chi connectivity index (χ3v) is 5.77. The fraction of sp³-hybridized carbons (Fsp3) is 0.250. The van der Waals surface area contributed by atoms with Gasteiger partial charge in [0, 0.05) is 11.8 Å². The molecule has 0 atom stereocenters. The molecule has 3 aromatic rings. The van der Waals surface area contributed by atoms with E-state index in [9.17, 15) is 13.2 Å². The van der Waals surface area contributed by atoms with Crippen LogP contribution < -0.4 is 15.8 Å². The van der Waals surface area contributed by atoms with Gasteiger partial charge in [-0.2, -0.15) is 10.2 Å². The van der Waals surface area contributed by atoms with Crippen LogP contribution in [0.3, 0.4) is 0 Å². The van der Waals surface area contributed by atoms with Crippen LogP contribution in [-0.4, -0.2) is 52.3 Å². The van der Waals surface area contributed by atoms with Gasteiger partial charge in [-0.15, -0.1) is 9.19 Å². The molecule has 3 N–H and O–H groups in total. The Balaban J connectivity index is 1.47. The van der Waals surface area contributed by atoms with Crippen molar-refractivity contribution < 1.29 is 17.9 Å². The molecule has 3 heterocycles. The summed E-state index contributed by atoms with van der Waals surface area (Å²) in [5.74, 6) is 0.140. The molecule has 0 aliphatic carbocycles. The van der Waals surface area contributed by atoms with Gasteiger partial charge in [0.15, 0.2) is 5.82 Å². The number of nitrogens with two attached hydrogens (primary N) is 1. The second-order valence-corrected chi connectivity index (χ2v) is 9.48. The standard InChI is InChI=1S/C20H21N7O4S/c1-20(2,25-19(28)13-6-7-22-16(10-13)27-23-8-9-24-27)12-31-15-5-3-4-14-11-32(29,30)26-18(21)17(14)15/h3-10H,11-12H2,1-2H3,(H2,21,26)(H,25,28). The van der Waals surface area contributed by atoms with Crippen LogP contribution in [0.2, 0.25) is 0 Å². The number of pyridine rings is 1. The molecule has 0 fully saturated rings. The molecule has 12 heteroatoms. The number of benzene rings is 1. The molecule has 1 aromatic carbocycles. The topological polar surface area (TPSA) is 154 Å². The Morgan fingerprint density at radius 2 is 1.97 bits per heavy atom. The van der Waals surface area contributed by atoms with Crippen LogP contribution in [0.15, 0.2) is 53.3 Å². The Bertz CT molecular complexity index is 1300. The summed E-state index contributed by atoms with van der Waals surface area (Å²) in [4.78, 5) is 18.3. The van der Waals surface area contributed by atoms with Crippen molar-refractivity contribution in [3.63, 3.8) is 0 Å². The highest BCUT2D eigenvalue weighted by molar-refractivity contribution is 7.89. The average Bonchev–Trinajstić information content (AvgIpc) is 3.26. The number of hydrogen-bond donors (Lipinski definition) is 2. The fourth-order valence-electron chi connectivity index (χ4n) is 3.21. The van der Waals surface area contributed by atoms with E-state index in [2.05, 4.69) is 24.9 Å². The van der Waals surface area contributed by atoms with Crippen molar-refractivity contribution in [2.24, 2.45) is 10.1 Å². The second kappa shape index (κ2) is 8.04. The fourth-order valence-corrected chi connectivity index (χ4v) is 4.30. The van der Waals surface area contributed by atoms with Crippen molar-refractivity contribution in [3.05, 3.63) is 65.6 Å². The first-order valence-corrected chi connectivity index (χ1v) is 11.2. The minimum absolute atomic E-state index is 0.105. The number of sulfonamides is 1. The predicted octanol–water partition coefficient (Wildman–Crippen LogP) is 0.798. The molecule has 0 unspecified atom stereocenters. The highest BCUT2D eigenvalue weighted by Crippen LogP contribution is 2.28. The first-order valence-electron chi connectivity index (χ1n) is 9.62. The minimum Gasteiger partial charge on any atom is -0.490 e. The lowest BCUT2D eigenvalue weighted by Gasteiger charge is -2.27. The Kier molecular flexibility index (Phi) is 5.38. The highest BCUT2D eigenvalue weighted by Gasteiger charge is 2.27. The van der Waals surface area contributed by atoms with Crippen LogP contribution in [0.4, 0.5) is 0 Å². The quantitative estimate of drug-likeness (QED) is 0.553. The maximum Gasteiger partial charge on any atom is 0.259 e. The summed E-state index contributed by atoms with van der Waals surface area (Å²) in [7, 11) is -3.64. The lowest BCUT2D eigenvalue weighted by molar-refractivity contribution is 0.0880. The van der Waals surface area contributed by atoms with E-state index < -0.39 is 15.6 Å². The number of carbonyl (C=O) groups is 1. The molecule has 4 rings (SSSR count). The molecule has 32 heavy (non-hydrogen) atoms. The van der Waals surface area contributed by atoms with Gasteiger partial charge in [-0.25, -0.2) is 13.4 Å². The number of amidine groups is 1. The van der Waals surface area contributed by atoms with Crippen molar-refractivity contribution in [3.8, 4) is 11.6 Å². The van der Waals surface area contributed by atoms with Crippen LogP contribution in [0.5, 0.6) is 5.75 Å². The molecule has 0 spiro atoms. The van der Waals surface area contributed by atoms with E-state index in [1.807, 2.05) is 0 Å². The van der Waals surface area contributed by atoms with E-state index in [1.165, 1.54) is 23.4 Å². The molecule has 1 aliphatic heterocycles. The molecule has 2 aromatic heterocycles. The zero-order chi connectivity index (χ0) is 22.9. The summed E-state index contributed by atoms with van der Waals surface area (Å²) >= 11 is 0. The van der Waals surface area contributed by atoms with Crippen molar-refractivity contribution in [2.45, 2.75) is 25.1 Å². The van der Waals surface area contributed by atoms with Crippen LogP contribution in [0, 0.1) is 0 Å². The number of hydrogen-bond acceptors (Lipinski definition) is 8. The van der Waals surface area contributed by atoms with Crippen molar-refractivity contribution in [2.75, 3.05) is 6.61 Å². The number of rotatable bonds is 6. The Morgan fingerprint density at radius 1 is 1.22 bits per heavy atom. The third-order valence-electron chi connectivity index (χ3n) is 4.62. The van der Waals surface area contributed by atoms with E-state index in [-0.39, 0.29) is 24.1 Å². The number of nitrogens with one attached hydrogen (secondary N) is 1. The summed E-state index contributed by atoms with van der Waals surface area (Å²) in [6.07, 6.45) is 4.54. The molecule has 11 nitrogen and oxygen atoms in total. The maximum atomic E-state index is 12.8. The van der Waals surface area contributed by atoms with Gasteiger partial charge in [0.05, 0.1) is 29.2 Å². The van der Waals surface area contributed by atoms with Crippen molar-refractivity contribution in [1.82, 2.24) is 25.3 Å². The number of fused-ring (bicyclic) bond motifs is 1. The summed E-state index contributed by atoms with van der Waals surface area (Å²) in [6.45, 7) is 3.71. The lowest BCUT2D eigenvalue weighted by Crippen LogP contribution is -2.48. The van der Waals surface area contributed by atoms with Crippen LogP contribution in [-0.2, 0) is 15.8 Å². The number of nitrogens with zero attached hydrogens (tertiary/aromatic N) is 5. The van der Waals surface area contributed by atoms with Gasteiger partial charge in [0.1, 0.15) is 18.2 Å². The molecule has 0 saturated carbocycles. The normalized spacial score (nSPS) is 14.9. The number of ether oxygens (including phenoxy) is 1. The lowest BCUT2D eigenvalue weighted by atomic mass is 10.0. The molecular formula is C20H21N7O4S.